The van der Waals surface area contributed by atoms with Gasteiger partial charge in [0, 0.05) is 50.2 Å². The van der Waals surface area contributed by atoms with Crippen LogP contribution in [0.15, 0.2) is 34.5 Å². The molecule has 5 rings (SSSR count). The summed E-state index contributed by atoms with van der Waals surface area (Å²) in [4.78, 5) is 22.7. The van der Waals surface area contributed by atoms with E-state index < -0.39 is 10.0 Å². The van der Waals surface area contributed by atoms with Crippen molar-refractivity contribution in [2.75, 3.05) is 57.4 Å². The van der Waals surface area contributed by atoms with Crippen LogP contribution < -0.4 is 4.90 Å². The van der Waals surface area contributed by atoms with Crippen LogP contribution in [0.25, 0.3) is 10.2 Å². The topological polar surface area (TPSA) is 83.1 Å². The maximum absolute atomic E-state index is 13.8. The zero-order chi connectivity index (χ0) is 26.0. The minimum Gasteiger partial charge on any atom is -0.379 e. The van der Waals surface area contributed by atoms with Crippen LogP contribution in [0.3, 0.4) is 0 Å². The smallest absolute Gasteiger partial charge is 0.252 e. The van der Waals surface area contributed by atoms with Crippen molar-refractivity contribution < 1.29 is 17.9 Å². The molecule has 2 aliphatic rings. The van der Waals surface area contributed by atoms with E-state index in [1.54, 1.807) is 17.0 Å². The number of amides is 1. The summed E-state index contributed by atoms with van der Waals surface area (Å²) in [5.41, 5.74) is 0.811. The number of piperidine rings is 1. The molecule has 0 spiro atoms. The lowest BCUT2D eigenvalue weighted by Gasteiger charge is -2.33. The van der Waals surface area contributed by atoms with Gasteiger partial charge < -0.3 is 4.74 Å². The minimum absolute atomic E-state index is 0.00310. The Morgan fingerprint density at radius 3 is 2.54 bits per heavy atom. The van der Waals surface area contributed by atoms with Crippen molar-refractivity contribution in [1.82, 2.24) is 14.2 Å². The van der Waals surface area contributed by atoms with E-state index in [1.807, 2.05) is 12.1 Å². The van der Waals surface area contributed by atoms with Crippen LogP contribution in [-0.4, -0.2) is 81.0 Å². The lowest BCUT2D eigenvalue weighted by Crippen LogP contribution is -2.45. The Kier molecular flexibility index (Phi) is 8.72. The van der Waals surface area contributed by atoms with Gasteiger partial charge in [-0.05, 0) is 49.6 Å². The Bertz CT molecular complexity index is 1350. The average molecular weight is 604 g/mol. The first kappa shape index (κ1) is 27.3. The van der Waals surface area contributed by atoms with Gasteiger partial charge in [-0.3, -0.25) is 14.6 Å². The van der Waals surface area contributed by atoms with E-state index in [4.69, 9.17) is 32.9 Å². The van der Waals surface area contributed by atoms with Crippen LogP contribution in [0.1, 0.15) is 19.3 Å². The number of ether oxygens (including phenoxy) is 1. The SMILES string of the molecule is O=C(C1CCN(S(=O)(=O)c2ccc(Cl)s2)CC1)N(CCCN1CCOCC1)c1nc2ccc(Cl)cc2s1. The molecule has 0 saturated carbocycles. The van der Waals surface area contributed by atoms with Gasteiger partial charge in [-0.1, -0.05) is 34.5 Å². The molecule has 0 N–H and O–H groups in total. The fourth-order valence-electron chi connectivity index (χ4n) is 4.71. The van der Waals surface area contributed by atoms with E-state index in [0.29, 0.717) is 47.0 Å². The van der Waals surface area contributed by atoms with Crippen molar-refractivity contribution in [3.8, 4) is 0 Å². The molecule has 2 aliphatic heterocycles. The fraction of sp³-hybridized carbons (Fsp3) is 0.500. The third-order valence-electron chi connectivity index (χ3n) is 6.74. The molecule has 2 fully saturated rings. The highest BCUT2D eigenvalue weighted by Gasteiger charge is 2.35. The quantitative estimate of drug-likeness (QED) is 0.367. The molecule has 0 atom stereocenters. The number of morpholine rings is 1. The highest BCUT2D eigenvalue weighted by molar-refractivity contribution is 7.91. The molecule has 0 radical (unpaired) electrons. The molecule has 3 aromatic rings. The Morgan fingerprint density at radius 1 is 1.08 bits per heavy atom. The second-order valence-electron chi connectivity index (χ2n) is 9.14. The summed E-state index contributed by atoms with van der Waals surface area (Å²) in [6.45, 7) is 5.29. The van der Waals surface area contributed by atoms with Crippen LogP contribution >= 0.6 is 45.9 Å². The van der Waals surface area contributed by atoms with Crippen LogP contribution in [0.4, 0.5) is 5.13 Å². The van der Waals surface area contributed by atoms with Gasteiger partial charge in [0.25, 0.3) is 10.0 Å². The van der Waals surface area contributed by atoms with Gasteiger partial charge >= 0.3 is 0 Å². The molecular weight excluding hydrogens is 575 g/mol. The number of benzene rings is 1. The minimum atomic E-state index is -3.61. The van der Waals surface area contributed by atoms with Crippen molar-refractivity contribution in [3.63, 3.8) is 0 Å². The molecular formula is C24H28Cl2N4O4S3. The third-order valence-corrected chi connectivity index (χ3v) is 11.6. The molecule has 1 aromatic carbocycles. The van der Waals surface area contributed by atoms with Crippen LogP contribution in [0.5, 0.6) is 0 Å². The number of thiazole rings is 1. The number of carbonyl (C=O) groups is 1. The molecule has 0 aliphatic carbocycles. The highest BCUT2D eigenvalue weighted by atomic mass is 35.5. The maximum Gasteiger partial charge on any atom is 0.252 e. The third kappa shape index (κ3) is 6.30. The second-order valence-corrected chi connectivity index (χ2v) is 14.5. The molecule has 0 unspecified atom stereocenters. The van der Waals surface area contributed by atoms with Gasteiger partial charge in [0.1, 0.15) is 4.21 Å². The Balaban J connectivity index is 1.29. The van der Waals surface area contributed by atoms with Crippen molar-refractivity contribution in [2.24, 2.45) is 5.92 Å². The molecule has 0 bridgehead atoms. The first-order valence-corrected chi connectivity index (χ1v) is 16.1. The molecule has 200 valence electrons. The number of carbonyl (C=O) groups excluding carboxylic acids is 1. The van der Waals surface area contributed by atoms with Crippen LogP contribution in [0, 0.1) is 5.92 Å². The molecule has 2 saturated heterocycles. The largest absolute Gasteiger partial charge is 0.379 e. The normalized spacial score (nSPS) is 18.4. The van der Waals surface area contributed by atoms with Crippen molar-refractivity contribution in [1.29, 1.82) is 0 Å². The van der Waals surface area contributed by atoms with Gasteiger partial charge in [-0.2, -0.15) is 4.31 Å². The van der Waals surface area contributed by atoms with Crippen LogP contribution in [0.2, 0.25) is 9.36 Å². The van der Waals surface area contributed by atoms with Gasteiger partial charge in [0.15, 0.2) is 5.13 Å². The van der Waals surface area contributed by atoms with Crippen LogP contribution in [-0.2, 0) is 19.6 Å². The lowest BCUT2D eigenvalue weighted by atomic mass is 9.96. The van der Waals surface area contributed by atoms with Gasteiger partial charge in [-0.25, -0.2) is 13.4 Å². The standard InChI is InChI=1S/C24H28Cl2N4O4S3/c25-18-2-3-19-20(16-18)35-24(27-19)30(9-1-8-28-12-14-34-15-13-28)23(31)17-6-10-29(11-7-17)37(32,33)22-5-4-21(26)36-22/h2-5,16-17H,1,6-15H2. The number of anilines is 1. The molecule has 8 nitrogen and oxygen atoms in total. The second kappa shape index (κ2) is 11.8. The summed E-state index contributed by atoms with van der Waals surface area (Å²) in [6.07, 6.45) is 1.75. The van der Waals surface area contributed by atoms with Gasteiger partial charge in [0.05, 0.1) is 27.8 Å². The molecule has 1 amide bonds. The van der Waals surface area contributed by atoms with E-state index in [2.05, 4.69) is 4.90 Å². The predicted molar refractivity (Wildman–Crippen MR) is 150 cm³/mol. The number of halogens is 2. The zero-order valence-electron chi connectivity index (χ0n) is 20.1. The van der Waals surface area contributed by atoms with Crippen molar-refractivity contribution in [3.05, 3.63) is 39.7 Å². The highest BCUT2D eigenvalue weighted by Crippen LogP contribution is 2.34. The zero-order valence-corrected chi connectivity index (χ0v) is 24.1. The summed E-state index contributed by atoms with van der Waals surface area (Å²) in [7, 11) is -3.61. The Hall–Kier alpha value is -1.31. The van der Waals surface area contributed by atoms with Crippen molar-refractivity contribution in [2.45, 2.75) is 23.5 Å². The van der Waals surface area contributed by atoms with E-state index >= 15 is 0 Å². The monoisotopic (exact) mass is 602 g/mol. The summed E-state index contributed by atoms with van der Waals surface area (Å²) in [5, 5.41) is 1.29. The molecule has 13 heteroatoms. The summed E-state index contributed by atoms with van der Waals surface area (Å²) in [5.74, 6) is -0.263. The molecule has 4 heterocycles. The van der Waals surface area contributed by atoms with E-state index in [9.17, 15) is 13.2 Å². The molecule has 2 aromatic heterocycles. The predicted octanol–water partition coefficient (Wildman–Crippen LogP) is 4.82. The van der Waals surface area contributed by atoms with Crippen molar-refractivity contribution >= 4 is 77.2 Å². The number of rotatable bonds is 8. The van der Waals surface area contributed by atoms with E-state index in [-0.39, 0.29) is 16.0 Å². The number of hydrogen-bond acceptors (Lipinski definition) is 8. The number of fused-ring (bicyclic) bond motifs is 1. The summed E-state index contributed by atoms with van der Waals surface area (Å²) < 4.78 is 34.5. The number of hydrogen-bond donors (Lipinski definition) is 0. The first-order valence-electron chi connectivity index (χ1n) is 12.2. The number of sulfonamides is 1. The van der Waals surface area contributed by atoms with E-state index in [0.717, 1.165) is 60.8 Å². The lowest BCUT2D eigenvalue weighted by molar-refractivity contribution is -0.123. The fourth-order valence-corrected chi connectivity index (χ4v) is 9.09. The Labute approximate surface area is 234 Å². The molecule has 37 heavy (non-hydrogen) atoms. The maximum atomic E-state index is 13.8. The number of aromatic nitrogens is 1. The Morgan fingerprint density at radius 2 is 1.84 bits per heavy atom. The number of nitrogens with zero attached hydrogens (tertiary/aromatic N) is 4. The first-order chi connectivity index (χ1) is 17.8. The summed E-state index contributed by atoms with van der Waals surface area (Å²) >= 11 is 14.7. The number of thiophene rings is 1. The van der Waals surface area contributed by atoms with Gasteiger partial charge in [0.2, 0.25) is 5.91 Å². The summed E-state index contributed by atoms with van der Waals surface area (Å²) in [6, 6.07) is 8.67. The van der Waals surface area contributed by atoms with E-state index in [1.165, 1.54) is 21.7 Å². The average Bonchev–Trinajstić information content (AvgIpc) is 3.53. The van der Waals surface area contributed by atoms with Gasteiger partial charge in [-0.15, -0.1) is 11.3 Å².